The third-order valence-corrected chi connectivity index (χ3v) is 4.58. The molecule has 0 unspecified atom stereocenters. The van der Waals surface area contributed by atoms with Gasteiger partial charge in [-0.25, -0.2) is 4.39 Å². The number of aryl methyl sites for hydroxylation is 1. The van der Waals surface area contributed by atoms with Gasteiger partial charge in [-0.05, 0) is 55.2 Å². The predicted octanol–water partition coefficient (Wildman–Crippen LogP) is 3.97. The highest BCUT2D eigenvalue weighted by molar-refractivity contribution is 7.80. The highest BCUT2D eigenvalue weighted by atomic mass is 32.1. The van der Waals surface area contributed by atoms with Crippen molar-refractivity contribution in [1.29, 1.82) is 0 Å². The molecule has 0 aliphatic heterocycles. The monoisotopic (exact) mass is 400 g/mol. The number of nitrogens with one attached hydrogen (secondary N) is 2. The normalized spacial score (nSPS) is 14.2. The van der Waals surface area contributed by atoms with Gasteiger partial charge < -0.3 is 10.6 Å². The van der Waals surface area contributed by atoms with E-state index in [4.69, 9.17) is 12.2 Å². The van der Waals surface area contributed by atoms with Gasteiger partial charge in [0.25, 0.3) is 0 Å². The summed E-state index contributed by atoms with van der Waals surface area (Å²) >= 11 is 5.17. The number of hydrogen-bond acceptors (Lipinski definition) is 2. The summed E-state index contributed by atoms with van der Waals surface area (Å²) in [5.41, 5.74) is 0.735. The van der Waals surface area contributed by atoms with Crippen LogP contribution in [0.2, 0.25) is 0 Å². The average molecular weight is 400 g/mol. The van der Waals surface area contributed by atoms with E-state index in [1.165, 1.54) is 22.9 Å². The second-order valence-electron chi connectivity index (χ2n) is 6.54. The van der Waals surface area contributed by atoms with Gasteiger partial charge in [0, 0.05) is 31.2 Å². The second kappa shape index (κ2) is 8.24. The third-order valence-electron chi connectivity index (χ3n) is 4.30. The topological polar surface area (TPSA) is 41.9 Å². The maximum atomic E-state index is 12.9. The smallest absolute Gasteiger partial charge is 0.363 e. The first-order chi connectivity index (χ1) is 12.8. The van der Waals surface area contributed by atoms with Crippen molar-refractivity contribution in [2.45, 2.75) is 44.4 Å². The van der Waals surface area contributed by atoms with Crippen LogP contribution < -0.4 is 10.6 Å². The number of aromatic nitrogens is 2. The van der Waals surface area contributed by atoms with Gasteiger partial charge in [-0.1, -0.05) is 12.1 Å². The summed E-state index contributed by atoms with van der Waals surface area (Å²) in [5, 5.41) is 10.2. The van der Waals surface area contributed by atoms with Gasteiger partial charge in [-0.2, -0.15) is 18.3 Å². The molecule has 0 bridgehead atoms. The Kier molecular flexibility index (Phi) is 5.98. The van der Waals surface area contributed by atoms with Crippen LogP contribution in [-0.4, -0.2) is 21.4 Å². The Morgan fingerprint density at radius 1 is 1.19 bits per heavy atom. The minimum atomic E-state index is -4.42. The molecule has 4 nitrogen and oxygen atoms in total. The van der Waals surface area contributed by atoms with Crippen molar-refractivity contribution in [1.82, 2.24) is 20.4 Å². The largest absolute Gasteiger partial charge is 0.435 e. The summed E-state index contributed by atoms with van der Waals surface area (Å²) in [7, 11) is 0. The fourth-order valence-corrected chi connectivity index (χ4v) is 2.91. The molecule has 0 radical (unpaired) electrons. The molecule has 2 aromatic rings. The van der Waals surface area contributed by atoms with E-state index in [1.807, 2.05) is 0 Å². The van der Waals surface area contributed by atoms with Crippen molar-refractivity contribution in [3.05, 3.63) is 53.1 Å². The van der Waals surface area contributed by atoms with Crippen molar-refractivity contribution in [3.63, 3.8) is 0 Å². The quantitative estimate of drug-likeness (QED) is 0.419. The molecule has 0 spiro atoms. The second-order valence-corrected chi connectivity index (χ2v) is 6.95. The molecule has 1 saturated carbocycles. The highest BCUT2D eigenvalue weighted by Gasteiger charge is 2.37. The molecule has 0 saturated heterocycles. The maximum Gasteiger partial charge on any atom is 0.435 e. The lowest BCUT2D eigenvalue weighted by atomic mass is 10.2. The summed E-state index contributed by atoms with van der Waals surface area (Å²) in [4.78, 5) is 0. The molecule has 27 heavy (non-hydrogen) atoms. The molecule has 9 heteroatoms. The number of rotatable bonds is 7. The zero-order valence-electron chi connectivity index (χ0n) is 14.5. The first kappa shape index (κ1) is 19.6. The molecule has 1 aromatic heterocycles. The van der Waals surface area contributed by atoms with Crippen LogP contribution in [0.25, 0.3) is 0 Å². The number of nitrogens with zero attached hydrogens (tertiary/aromatic N) is 2. The summed E-state index contributed by atoms with van der Waals surface area (Å²) in [5.74, 6) is -0.0997. The van der Waals surface area contributed by atoms with Crippen LogP contribution in [0.3, 0.4) is 0 Å². The van der Waals surface area contributed by atoms with Gasteiger partial charge in [0.15, 0.2) is 10.8 Å². The van der Waals surface area contributed by atoms with E-state index < -0.39 is 11.9 Å². The van der Waals surface area contributed by atoms with Crippen molar-refractivity contribution in [3.8, 4) is 0 Å². The van der Waals surface area contributed by atoms with Gasteiger partial charge in [0.2, 0.25) is 0 Å². The van der Waals surface area contributed by atoms with Gasteiger partial charge in [0.05, 0.1) is 0 Å². The van der Waals surface area contributed by atoms with E-state index in [0.717, 1.165) is 18.4 Å². The highest BCUT2D eigenvalue weighted by Crippen LogP contribution is 2.42. The number of thiocarbonyl (C=S) groups is 1. The minimum Gasteiger partial charge on any atom is -0.363 e. The van der Waals surface area contributed by atoms with Crippen LogP contribution >= 0.6 is 12.2 Å². The minimum absolute atomic E-state index is 0.194. The molecule has 1 aliphatic rings. The predicted molar refractivity (Wildman–Crippen MR) is 97.7 cm³/mol. The Bertz CT molecular complexity index is 782. The van der Waals surface area contributed by atoms with Crippen molar-refractivity contribution in [2.24, 2.45) is 0 Å². The fourth-order valence-electron chi connectivity index (χ4n) is 2.73. The van der Waals surface area contributed by atoms with Crippen LogP contribution in [0.15, 0.2) is 30.3 Å². The summed E-state index contributed by atoms with van der Waals surface area (Å²) in [6.07, 6.45) is -1.99. The first-order valence-corrected chi connectivity index (χ1v) is 9.15. The van der Waals surface area contributed by atoms with E-state index in [1.54, 1.807) is 12.1 Å². The molecule has 1 aromatic carbocycles. The average Bonchev–Trinajstić information content (AvgIpc) is 3.36. The molecule has 1 fully saturated rings. The van der Waals surface area contributed by atoms with Crippen molar-refractivity contribution in [2.75, 3.05) is 6.54 Å². The molecule has 0 amide bonds. The molecule has 146 valence electrons. The van der Waals surface area contributed by atoms with Crippen LogP contribution in [-0.2, 0) is 19.3 Å². The molecule has 1 heterocycles. The zero-order chi connectivity index (χ0) is 19.4. The molecule has 3 rings (SSSR count). The molecule has 2 N–H and O–H groups in total. The van der Waals surface area contributed by atoms with Crippen LogP contribution in [0.5, 0.6) is 0 Å². The number of hydrogen-bond donors (Lipinski definition) is 2. The van der Waals surface area contributed by atoms with Gasteiger partial charge >= 0.3 is 6.18 Å². The number of alkyl halides is 3. The lowest BCUT2D eigenvalue weighted by molar-refractivity contribution is -0.141. The lowest BCUT2D eigenvalue weighted by Crippen LogP contribution is -2.35. The molecular formula is C18H20F4N4S. The lowest BCUT2D eigenvalue weighted by Gasteiger charge is -2.11. The SMILES string of the molecule is Fc1ccc(CNC(=S)NCCCn2nc(C(F)(F)F)cc2C2CC2)cc1. The van der Waals surface area contributed by atoms with E-state index in [0.29, 0.717) is 36.9 Å². The first-order valence-electron chi connectivity index (χ1n) is 8.74. The third kappa shape index (κ3) is 5.66. The van der Waals surface area contributed by atoms with Crippen molar-refractivity contribution < 1.29 is 17.6 Å². The molecule has 1 aliphatic carbocycles. The maximum absolute atomic E-state index is 12.9. The summed E-state index contributed by atoms with van der Waals surface area (Å²) < 4.78 is 52.9. The number of halogens is 4. The van der Waals surface area contributed by atoms with Crippen molar-refractivity contribution >= 4 is 17.3 Å². The number of benzene rings is 1. The Morgan fingerprint density at radius 2 is 1.89 bits per heavy atom. The van der Waals surface area contributed by atoms with Crippen LogP contribution in [0, 0.1) is 5.82 Å². The zero-order valence-corrected chi connectivity index (χ0v) is 15.3. The Morgan fingerprint density at radius 3 is 2.52 bits per heavy atom. The van der Waals surface area contributed by atoms with Crippen LogP contribution in [0.1, 0.15) is 42.1 Å². The van der Waals surface area contributed by atoms with E-state index >= 15 is 0 Å². The fraction of sp³-hybridized carbons (Fsp3) is 0.444. The van der Waals surface area contributed by atoms with Gasteiger partial charge in [-0.15, -0.1) is 0 Å². The Hall–Kier alpha value is -2.16. The van der Waals surface area contributed by atoms with Gasteiger partial charge in [0.1, 0.15) is 5.82 Å². The summed E-state index contributed by atoms with van der Waals surface area (Å²) in [6.45, 7) is 1.38. The van der Waals surface area contributed by atoms with E-state index in [-0.39, 0.29) is 11.7 Å². The van der Waals surface area contributed by atoms with E-state index in [9.17, 15) is 17.6 Å². The molecular weight excluding hydrogens is 380 g/mol. The Labute approximate surface area is 159 Å². The summed E-state index contributed by atoms with van der Waals surface area (Å²) in [6, 6.07) is 7.26. The standard InChI is InChI=1S/C18H20F4N4S/c19-14-6-2-12(3-7-14)11-24-17(27)23-8-1-9-26-15(13-4-5-13)10-16(25-26)18(20,21)22/h2-3,6-7,10,13H,1,4-5,8-9,11H2,(H2,23,24,27). The van der Waals surface area contributed by atoms with E-state index in [2.05, 4.69) is 15.7 Å². The van der Waals surface area contributed by atoms with Crippen LogP contribution in [0.4, 0.5) is 17.6 Å². The Balaban J connectivity index is 1.42. The van der Waals surface area contributed by atoms with Gasteiger partial charge in [-0.3, -0.25) is 4.68 Å². The molecule has 0 atom stereocenters.